The smallest absolute Gasteiger partial charge is 0.307 e. The van der Waals surface area contributed by atoms with E-state index in [1.54, 1.807) is 31.2 Å². The van der Waals surface area contributed by atoms with Crippen LogP contribution in [0.4, 0.5) is 0 Å². The molecular formula is C20H15ClN4O3. The highest BCUT2D eigenvalue weighted by molar-refractivity contribution is 6.31. The molecule has 0 aliphatic carbocycles. The predicted molar refractivity (Wildman–Crippen MR) is 107 cm³/mol. The summed E-state index contributed by atoms with van der Waals surface area (Å²) in [6, 6.07) is 15.8. The number of amides is 1. The van der Waals surface area contributed by atoms with E-state index in [0.717, 1.165) is 0 Å². The monoisotopic (exact) mass is 394 g/mol. The van der Waals surface area contributed by atoms with Crippen LogP contribution in [0, 0.1) is 6.92 Å². The molecule has 0 radical (unpaired) electrons. The summed E-state index contributed by atoms with van der Waals surface area (Å²) in [5, 5.41) is 8.15. The van der Waals surface area contributed by atoms with Crippen LogP contribution in [0.1, 0.15) is 21.8 Å². The number of rotatable bonds is 4. The molecule has 0 unspecified atom stereocenters. The van der Waals surface area contributed by atoms with Crippen LogP contribution >= 0.6 is 11.6 Å². The Balaban J connectivity index is 1.54. The Morgan fingerprint density at radius 2 is 2.00 bits per heavy atom. The minimum absolute atomic E-state index is 0.0990. The largest absolute Gasteiger partial charge is 0.451 e. The molecular weight excluding hydrogens is 380 g/mol. The average Bonchev–Trinajstić information content (AvgIpc) is 3.24. The molecule has 0 aliphatic heterocycles. The SMILES string of the molecule is Cc1[nH]n(-c2ccccc2)c(=O)c1/C=N/NC(=O)c1cc2cc(Cl)ccc2o1. The number of H-pyrrole nitrogens is 1. The van der Waals surface area contributed by atoms with Crippen LogP contribution < -0.4 is 11.0 Å². The lowest BCUT2D eigenvalue weighted by molar-refractivity contribution is 0.0929. The van der Waals surface area contributed by atoms with Crippen molar-refractivity contribution in [2.45, 2.75) is 6.92 Å². The van der Waals surface area contributed by atoms with E-state index in [1.165, 1.54) is 10.9 Å². The van der Waals surface area contributed by atoms with E-state index >= 15 is 0 Å². The summed E-state index contributed by atoms with van der Waals surface area (Å²) < 4.78 is 6.90. The molecule has 2 aromatic carbocycles. The molecule has 0 saturated carbocycles. The fourth-order valence-electron chi connectivity index (χ4n) is 2.81. The molecule has 28 heavy (non-hydrogen) atoms. The van der Waals surface area contributed by atoms with Crippen molar-refractivity contribution in [2.75, 3.05) is 0 Å². The predicted octanol–water partition coefficient (Wildman–Crippen LogP) is 3.64. The number of aryl methyl sites for hydroxylation is 1. The number of carbonyl (C=O) groups is 1. The van der Waals surface area contributed by atoms with Gasteiger partial charge >= 0.3 is 5.91 Å². The maximum Gasteiger partial charge on any atom is 0.307 e. The van der Waals surface area contributed by atoms with Crippen LogP contribution in [0.2, 0.25) is 5.02 Å². The number of carbonyl (C=O) groups excluding carboxylic acids is 1. The minimum atomic E-state index is -0.528. The van der Waals surface area contributed by atoms with E-state index in [9.17, 15) is 9.59 Å². The Labute approximate surface area is 164 Å². The maximum absolute atomic E-state index is 12.6. The molecule has 2 aromatic heterocycles. The molecule has 4 rings (SSSR count). The molecule has 0 fully saturated rings. The molecule has 1 amide bonds. The lowest BCUT2D eigenvalue weighted by Crippen LogP contribution is -2.19. The van der Waals surface area contributed by atoms with Crippen molar-refractivity contribution in [3.63, 3.8) is 0 Å². The molecule has 2 heterocycles. The third-order valence-corrected chi connectivity index (χ3v) is 4.43. The van der Waals surface area contributed by atoms with Gasteiger partial charge in [-0.1, -0.05) is 29.8 Å². The van der Waals surface area contributed by atoms with Gasteiger partial charge in [0.25, 0.3) is 5.56 Å². The van der Waals surface area contributed by atoms with Crippen molar-refractivity contribution < 1.29 is 9.21 Å². The Kier molecular flexibility index (Phi) is 4.58. The fourth-order valence-corrected chi connectivity index (χ4v) is 2.99. The van der Waals surface area contributed by atoms with Gasteiger partial charge in [0.05, 0.1) is 17.5 Å². The first kappa shape index (κ1) is 17.8. The highest BCUT2D eigenvalue weighted by Crippen LogP contribution is 2.22. The van der Waals surface area contributed by atoms with Crippen LogP contribution in [0.3, 0.4) is 0 Å². The number of halogens is 1. The highest BCUT2D eigenvalue weighted by atomic mass is 35.5. The normalized spacial score (nSPS) is 11.4. The van der Waals surface area contributed by atoms with Crippen LogP contribution in [-0.2, 0) is 0 Å². The summed E-state index contributed by atoms with van der Waals surface area (Å²) in [5.74, 6) is -0.429. The van der Waals surface area contributed by atoms with Crippen molar-refractivity contribution in [3.05, 3.63) is 87.0 Å². The molecule has 0 bridgehead atoms. The summed E-state index contributed by atoms with van der Waals surface area (Å²) in [4.78, 5) is 24.8. The number of aromatic nitrogens is 2. The van der Waals surface area contributed by atoms with Gasteiger partial charge in [-0.3, -0.25) is 14.7 Å². The van der Waals surface area contributed by atoms with E-state index in [4.69, 9.17) is 16.0 Å². The number of furan rings is 1. The van der Waals surface area contributed by atoms with Crippen molar-refractivity contribution in [2.24, 2.45) is 5.10 Å². The number of fused-ring (bicyclic) bond motifs is 1. The highest BCUT2D eigenvalue weighted by Gasteiger charge is 2.13. The number of hydrogen-bond donors (Lipinski definition) is 2. The van der Waals surface area contributed by atoms with Crippen LogP contribution in [0.25, 0.3) is 16.7 Å². The fraction of sp³-hybridized carbons (Fsp3) is 0.0500. The Hall–Kier alpha value is -3.58. The number of para-hydroxylation sites is 1. The Morgan fingerprint density at radius 1 is 1.21 bits per heavy atom. The lowest BCUT2D eigenvalue weighted by Gasteiger charge is -1.99. The molecule has 8 heteroatoms. The number of benzene rings is 2. The van der Waals surface area contributed by atoms with E-state index in [1.807, 2.05) is 30.3 Å². The van der Waals surface area contributed by atoms with Crippen LogP contribution in [-0.4, -0.2) is 21.9 Å². The van der Waals surface area contributed by atoms with E-state index in [2.05, 4.69) is 15.6 Å². The first-order valence-electron chi connectivity index (χ1n) is 8.42. The second-order valence-electron chi connectivity index (χ2n) is 6.12. The quantitative estimate of drug-likeness (QED) is 0.409. The minimum Gasteiger partial charge on any atom is -0.451 e. The molecule has 2 N–H and O–H groups in total. The molecule has 0 aliphatic rings. The zero-order chi connectivity index (χ0) is 19.7. The first-order valence-corrected chi connectivity index (χ1v) is 8.80. The number of aromatic amines is 1. The van der Waals surface area contributed by atoms with E-state index < -0.39 is 5.91 Å². The van der Waals surface area contributed by atoms with Crippen molar-refractivity contribution in [1.29, 1.82) is 0 Å². The van der Waals surface area contributed by atoms with Gasteiger partial charge in [-0.2, -0.15) is 5.10 Å². The molecule has 0 saturated heterocycles. The number of hydrazone groups is 1. The van der Waals surface area contributed by atoms with Gasteiger partial charge in [0.15, 0.2) is 5.76 Å². The van der Waals surface area contributed by atoms with Gasteiger partial charge in [0.2, 0.25) is 0 Å². The van der Waals surface area contributed by atoms with Crippen molar-refractivity contribution in [1.82, 2.24) is 15.2 Å². The average molecular weight is 395 g/mol. The summed E-state index contributed by atoms with van der Waals surface area (Å²) in [6.45, 7) is 1.76. The zero-order valence-electron chi connectivity index (χ0n) is 14.8. The Morgan fingerprint density at radius 3 is 2.79 bits per heavy atom. The van der Waals surface area contributed by atoms with Crippen LogP contribution in [0.15, 0.2) is 68.9 Å². The zero-order valence-corrected chi connectivity index (χ0v) is 15.5. The van der Waals surface area contributed by atoms with Crippen molar-refractivity contribution >= 4 is 34.7 Å². The molecule has 7 nitrogen and oxygen atoms in total. The number of nitrogens with one attached hydrogen (secondary N) is 2. The summed E-state index contributed by atoms with van der Waals surface area (Å²) >= 11 is 5.93. The van der Waals surface area contributed by atoms with Crippen LogP contribution in [0.5, 0.6) is 0 Å². The summed E-state index contributed by atoms with van der Waals surface area (Å²) in [5.41, 5.74) is 4.34. The van der Waals surface area contributed by atoms with Gasteiger partial charge in [0, 0.05) is 16.1 Å². The second kappa shape index (κ2) is 7.21. The van der Waals surface area contributed by atoms with Gasteiger partial charge < -0.3 is 4.42 Å². The standard InChI is InChI=1S/C20H15ClN4O3/c1-12-16(20(27)25(24-12)15-5-3-2-4-6-15)11-22-23-19(26)18-10-13-9-14(21)7-8-17(13)28-18/h2-11,24H,1H3,(H,23,26)/b22-11+. The van der Waals surface area contributed by atoms with Gasteiger partial charge in [-0.05, 0) is 43.3 Å². The number of hydrogen-bond acceptors (Lipinski definition) is 4. The summed E-state index contributed by atoms with van der Waals surface area (Å²) in [7, 11) is 0. The molecule has 0 spiro atoms. The lowest BCUT2D eigenvalue weighted by atomic mass is 10.2. The number of nitrogens with zero attached hydrogens (tertiary/aromatic N) is 2. The van der Waals surface area contributed by atoms with Gasteiger partial charge in [-0.25, -0.2) is 10.1 Å². The van der Waals surface area contributed by atoms with E-state index in [-0.39, 0.29) is 11.3 Å². The topological polar surface area (TPSA) is 92.4 Å². The molecule has 0 atom stereocenters. The maximum atomic E-state index is 12.6. The summed E-state index contributed by atoms with van der Waals surface area (Å²) in [6.07, 6.45) is 1.31. The van der Waals surface area contributed by atoms with Crippen molar-refractivity contribution in [3.8, 4) is 5.69 Å². The molecule has 4 aromatic rings. The van der Waals surface area contributed by atoms with E-state index in [0.29, 0.717) is 32.9 Å². The van der Waals surface area contributed by atoms with Gasteiger partial charge in [-0.15, -0.1) is 0 Å². The Bertz CT molecular complexity index is 1250. The first-order chi connectivity index (χ1) is 13.5. The van der Waals surface area contributed by atoms with Gasteiger partial charge in [0.1, 0.15) is 5.58 Å². The third kappa shape index (κ3) is 3.35. The third-order valence-electron chi connectivity index (χ3n) is 4.19. The molecule has 140 valence electrons. The second-order valence-corrected chi connectivity index (χ2v) is 6.55.